The Balaban J connectivity index is 0.991. The Hall–Kier alpha value is -9.18. The number of hydrogen-bond donors (Lipinski definition) is 0. The average molecular weight is 879 g/mol. The molecule has 0 N–H and O–H groups in total. The minimum Gasteiger partial charge on any atom is -0.455 e. The van der Waals surface area contributed by atoms with E-state index in [0.717, 1.165) is 66.9 Å². The SMILES string of the molecule is c1ccc(-c2ccc(-c3ccc(N(c4ccc5c6ccccc6c6ccccc6c5c4)c4ccccc4-c4cccc5c4oc4ccccc45)cc3)c(-n3c4ccccc4c4ccccc43)c2)cc1. The molecule has 0 radical (unpaired) electrons. The van der Waals surface area contributed by atoms with Crippen LogP contribution in [0.4, 0.5) is 17.1 Å². The second-order valence-corrected chi connectivity index (χ2v) is 18.0. The van der Waals surface area contributed by atoms with Crippen LogP contribution in [0.5, 0.6) is 0 Å². The quantitative estimate of drug-likeness (QED) is 0.149. The zero-order chi connectivity index (χ0) is 45.4. The molecule has 14 aromatic rings. The van der Waals surface area contributed by atoms with Gasteiger partial charge in [-0.1, -0.05) is 200 Å². The van der Waals surface area contributed by atoms with E-state index in [1.165, 1.54) is 65.3 Å². The third kappa shape index (κ3) is 6.21. The lowest BCUT2D eigenvalue weighted by Gasteiger charge is -2.29. The molecule has 3 heteroatoms. The summed E-state index contributed by atoms with van der Waals surface area (Å²) in [4.78, 5) is 2.43. The summed E-state index contributed by atoms with van der Waals surface area (Å²) < 4.78 is 9.16. The van der Waals surface area contributed by atoms with Crippen molar-refractivity contribution in [3.05, 3.63) is 255 Å². The lowest BCUT2D eigenvalue weighted by atomic mass is 9.93. The topological polar surface area (TPSA) is 21.3 Å². The van der Waals surface area contributed by atoms with Gasteiger partial charge in [0.15, 0.2) is 0 Å². The van der Waals surface area contributed by atoms with Crippen molar-refractivity contribution in [3.63, 3.8) is 0 Å². The number of aromatic nitrogens is 1. The van der Waals surface area contributed by atoms with Crippen molar-refractivity contribution < 1.29 is 4.42 Å². The van der Waals surface area contributed by atoms with Gasteiger partial charge in [-0.05, 0) is 104 Å². The second kappa shape index (κ2) is 15.7. The van der Waals surface area contributed by atoms with Crippen LogP contribution in [0.2, 0.25) is 0 Å². The van der Waals surface area contributed by atoms with Gasteiger partial charge in [0.05, 0.1) is 22.4 Å². The number of nitrogens with zero attached hydrogens (tertiary/aromatic N) is 2. The first kappa shape index (κ1) is 39.0. The number of furan rings is 1. The molecule has 3 nitrogen and oxygen atoms in total. The second-order valence-electron chi connectivity index (χ2n) is 18.0. The Morgan fingerprint density at radius 2 is 0.812 bits per heavy atom. The van der Waals surface area contributed by atoms with Gasteiger partial charge in [-0.2, -0.15) is 0 Å². The van der Waals surface area contributed by atoms with Crippen LogP contribution in [0.15, 0.2) is 259 Å². The van der Waals surface area contributed by atoms with Crippen molar-refractivity contribution in [3.8, 4) is 39.1 Å². The van der Waals surface area contributed by atoms with Gasteiger partial charge in [-0.15, -0.1) is 0 Å². The number of hydrogen-bond acceptors (Lipinski definition) is 2. The van der Waals surface area contributed by atoms with Crippen LogP contribution in [-0.2, 0) is 0 Å². The molecule has 0 amide bonds. The van der Waals surface area contributed by atoms with Gasteiger partial charge in [0, 0.05) is 49.6 Å². The number of rotatable bonds is 7. The molecule has 0 saturated heterocycles. The summed E-state index contributed by atoms with van der Waals surface area (Å²) in [7, 11) is 0. The van der Waals surface area contributed by atoms with Crippen molar-refractivity contribution in [2.24, 2.45) is 0 Å². The fraction of sp³-hybridized carbons (Fsp3) is 0. The van der Waals surface area contributed by atoms with Gasteiger partial charge in [-0.3, -0.25) is 0 Å². The first-order valence-electron chi connectivity index (χ1n) is 23.7. The minimum atomic E-state index is 0.883. The molecule has 0 bridgehead atoms. The molecule has 0 aliphatic carbocycles. The first-order chi connectivity index (χ1) is 34.2. The molecule has 0 spiro atoms. The van der Waals surface area contributed by atoms with Crippen molar-refractivity contribution in [1.29, 1.82) is 0 Å². The van der Waals surface area contributed by atoms with Crippen molar-refractivity contribution in [2.75, 3.05) is 4.90 Å². The molecule has 2 heterocycles. The molecule has 2 aromatic heterocycles. The zero-order valence-electron chi connectivity index (χ0n) is 37.6. The lowest BCUT2D eigenvalue weighted by Crippen LogP contribution is -2.11. The molecule has 14 rings (SSSR count). The van der Waals surface area contributed by atoms with E-state index in [9.17, 15) is 0 Å². The van der Waals surface area contributed by atoms with Crippen LogP contribution in [0.1, 0.15) is 0 Å². The summed E-state index contributed by atoms with van der Waals surface area (Å²) in [5, 5.41) is 12.2. The summed E-state index contributed by atoms with van der Waals surface area (Å²) in [6.45, 7) is 0. The number of anilines is 3. The molecule has 12 aromatic carbocycles. The summed E-state index contributed by atoms with van der Waals surface area (Å²) >= 11 is 0. The Bertz CT molecular complexity index is 4220. The number of para-hydroxylation sites is 5. The van der Waals surface area contributed by atoms with Gasteiger partial charge in [0.2, 0.25) is 0 Å². The van der Waals surface area contributed by atoms with Gasteiger partial charge in [-0.25, -0.2) is 0 Å². The standard InChI is InChI=1S/C66H42N2O/c1-2-17-43(18-3-1)45-35-39-48(64(41-45)68-62-30-13-8-23-54(62)55-24-9-14-31-63(55)68)44-33-36-46(37-34-44)67(47-38-40-53-51-21-5-4-19-49(51)50-20-6-7-22-52(50)60(53)42-47)61-29-12-10-25-56(61)58-27-16-28-59-57-26-11-15-32-65(57)69-66(58)59/h1-42H. The minimum absolute atomic E-state index is 0.883. The van der Waals surface area contributed by atoms with E-state index in [0.29, 0.717) is 0 Å². The molecule has 0 fully saturated rings. The molecule has 322 valence electrons. The molecule has 0 unspecified atom stereocenters. The molecular weight excluding hydrogens is 837 g/mol. The van der Waals surface area contributed by atoms with E-state index in [4.69, 9.17) is 4.42 Å². The van der Waals surface area contributed by atoms with E-state index < -0.39 is 0 Å². The van der Waals surface area contributed by atoms with Crippen molar-refractivity contribution in [1.82, 2.24) is 4.57 Å². The van der Waals surface area contributed by atoms with Gasteiger partial charge in [0.25, 0.3) is 0 Å². The fourth-order valence-electron chi connectivity index (χ4n) is 11.1. The maximum absolute atomic E-state index is 6.71. The summed E-state index contributed by atoms with van der Waals surface area (Å²) in [5.41, 5.74) is 15.2. The predicted molar refractivity (Wildman–Crippen MR) is 292 cm³/mol. The van der Waals surface area contributed by atoms with E-state index in [2.05, 4.69) is 258 Å². The van der Waals surface area contributed by atoms with Gasteiger partial charge in [0.1, 0.15) is 11.2 Å². The monoisotopic (exact) mass is 878 g/mol. The largest absolute Gasteiger partial charge is 0.455 e. The van der Waals surface area contributed by atoms with Crippen LogP contribution in [0.3, 0.4) is 0 Å². The van der Waals surface area contributed by atoms with Crippen LogP contribution < -0.4 is 4.90 Å². The molecular formula is C66H42N2O. The zero-order valence-corrected chi connectivity index (χ0v) is 37.6. The van der Waals surface area contributed by atoms with Crippen molar-refractivity contribution in [2.45, 2.75) is 0 Å². The first-order valence-corrected chi connectivity index (χ1v) is 23.7. The molecule has 0 aliphatic heterocycles. The van der Waals surface area contributed by atoms with Crippen LogP contribution in [0, 0.1) is 0 Å². The maximum Gasteiger partial charge on any atom is 0.143 e. The van der Waals surface area contributed by atoms with E-state index in [1.54, 1.807) is 0 Å². The van der Waals surface area contributed by atoms with Crippen LogP contribution >= 0.6 is 0 Å². The molecule has 0 aliphatic rings. The highest BCUT2D eigenvalue weighted by atomic mass is 16.3. The Kier molecular flexibility index (Phi) is 8.90. The summed E-state index contributed by atoms with van der Waals surface area (Å²) in [5.74, 6) is 0. The number of benzene rings is 12. The highest BCUT2D eigenvalue weighted by Gasteiger charge is 2.23. The Labute approximate surface area is 399 Å². The molecule has 0 atom stereocenters. The number of fused-ring (bicyclic) bond motifs is 12. The molecule has 69 heavy (non-hydrogen) atoms. The Morgan fingerprint density at radius 1 is 0.290 bits per heavy atom. The highest BCUT2D eigenvalue weighted by Crippen LogP contribution is 2.47. The van der Waals surface area contributed by atoms with Gasteiger partial charge < -0.3 is 13.9 Å². The fourth-order valence-corrected chi connectivity index (χ4v) is 11.1. The Morgan fingerprint density at radius 3 is 1.52 bits per heavy atom. The lowest BCUT2D eigenvalue weighted by molar-refractivity contribution is 0.670. The summed E-state index contributed by atoms with van der Waals surface area (Å²) in [6.07, 6.45) is 0. The normalized spacial score (nSPS) is 11.8. The van der Waals surface area contributed by atoms with E-state index in [1.807, 2.05) is 6.07 Å². The highest BCUT2D eigenvalue weighted by molar-refractivity contribution is 6.26. The average Bonchev–Trinajstić information content (AvgIpc) is 3.98. The van der Waals surface area contributed by atoms with Crippen molar-refractivity contribution >= 4 is 93.1 Å². The van der Waals surface area contributed by atoms with Crippen LogP contribution in [-0.4, -0.2) is 4.57 Å². The summed E-state index contributed by atoms with van der Waals surface area (Å²) in [6, 6.07) is 92.5. The van der Waals surface area contributed by atoms with E-state index >= 15 is 0 Å². The predicted octanol–water partition coefficient (Wildman–Crippen LogP) is 18.6. The smallest absolute Gasteiger partial charge is 0.143 e. The third-order valence-corrected chi connectivity index (χ3v) is 14.2. The van der Waals surface area contributed by atoms with Gasteiger partial charge >= 0.3 is 0 Å². The van der Waals surface area contributed by atoms with Crippen LogP contribution in [0.25, 0.3) is 115 Å². The maximum atomic E-state index is 6.71. The van der Waals surface area contributed by atoms with E-state index in [-0.39, 0.29) is 0 Å². The molecule has 0 saturated carbocycles. The third-order valence-electron chi connectivity index (χ3n) is 14.2.